The van der Waals surface area contributed by atoms with Crippen LogP contribution in [-0.2, 0) is 9.59 Å². The molecule has 0 aromatic heterocycles. The molecule has 4 heteroatoms. The zero-order valence-electron chi connectivity index (χ0n) is 6.82. The van der Waals surface area contributed by atoms with E-state index in [1.165, 1.54) is 0 Å². The minimum absolute atomic E-state index is 0.0984. The van der Waals surface area contributed by atoms with E-state index in [1.54, 1.807) is 4.90 Å². The minimum atomic E-state index is -0.341. The lowest BCUT2D eigenvalue weighted by Crippen LogP contribution is -2.30. The van der Waals surface area contributed by atoms with Crippen LogP contribution in [0.1, 0.15) is 19.3 Å². The summed E-state index contributed by atoms with van der Waals surface area (Å²) in [6.45, 7) is 0.554. The van der Waals surface area contributed by atoms with Crippen molar-refractivity contribution in [2.75, 3.05) is 6.54 Å². The number of hydrogen-bond acceptors (Lipinski definition) is 2. The van der Waals surface area contributed by atoms with Gasteiger partial charge >= 0.3 is 0 Å². The van der Waals surface area contributed by atoms with Gasteiger partial charge in [-0.15, -0.1) is 0 Å². The summed E-state index contributed by atoms with van der Waals surface area (Å²) in [5.74, 6) is -0.481. The number of hydrogen-bond donors (Lipinski definition) is 1. The van der Waals surface area contributed by atoms with Gasteiger partial charge in [-0.25, -0.2) is 0 Å². The van der Waals surface area contributed by atoms with Crippen LogP contribution in [0.15, 0.2) is 0 Å². The molecule has 1 aliphatic heterocycles. The summed E-state index contributed by atoms with van der Waals surface area (Å²) in [4.78, 5) is 23.9. The number of likely N-dealkylation sites (tertiary alicyclic amines) is 1. The van der Waals surface area contributed by atoms with Gasteiger partial charge in [-0.05, 0) is 12.8 Å². The fourth-order valence-electron chi connectivity index (χ4n) is 1.66. The summed E-state index contributed by atoms with van der Waals surface area (Å²) >= 11 is 0. The largest absolute Gasteiger partial charge is 0.369 e. The average Bonchev–Trinajstić information content (AvgIpc) is 2.75. The third kappa shape index (κ3) is 1.17. The van der Waals surface area contributed by atoms with Gasteiger partial charge in [0.15, 0.2) is 0 Å². The van der Waals surface area contributed by atoms with Gasteiger partial charge in [-0.1, -0.05) is 0 Å². The summed E-state index contributed by atoms with van der Waals surface area (Å²) in [5.41, 5.74) is 5.12. The quantitative estimate of drug-likeness (QED) is 0.603. The first-order valence-corrected chi connectivity index (χ1v) is 4.27. The molecule has 0 spiro atoms. The van der Waals surface area contributed by atoms with E-state index in [0.717, 1.165) is 12.8 Å². The lowest BCUT2D eigenvalue weighted by Gasteiger charge is -2.13. The van der Waals surface area contributed by atoms with Gasteiger partial charge in [0.2, 0.25) is 11.8 Å². The van der Waals surface area contributed by atoms with Crippen molar-refractivity contribution in [2.45, 2.75) is 25.3 Å². The lowest BCUT2D eigenvalue weighted by molar-refractivity contribution is -0.128. The van der Waals surface area contributed by atoms with Crippen molar-refractivity contribution in [3.05, 3.63) is 0 Å². The third-order valence-corrected chi connectivity index (χ3v) is 2.55. The van der Waals surface area contributed by atoms with Crippen LogP contribution in [0.25, 0.3) is 0 Å². The fraction of sp³-hybridized carbons (Fsp3) is 0.750. The van der Waals surface area contributed by atoms with Crippen LogP contribution in [0.5, 0.6) is 0 Å². The van der Waals surface area contributed by atoms with Crippen molar-refractivity contribution < 1.29 is 9.59 Å². The number of nitrogens with zero attached hydrogens (tertiary/aromatic N) is 1. The molecule has 1 saturated heterocycles. The van der Waals surface area contributed by atoms with E-state index < -0.39 is 0 Å². The van der Waals surface area contributed by atoms with E-state index in [9.17, 15) is 9.59 Å². The molecule has 0 aromatic carbocycles. The van der Waals surface area contributed by atoms with E-state index in [2.05, 4.69) is 0 Å². The van der Waals surface area contributed by atoms with Gasteiger partial charge in [0.25, 0.3) is 0 Å². The van der Waals surface area contributed by atoms with E-state index >= 15 is 0 Å². The van der Waals surface area contributed by atoms with Crippen molar-refractivity contribution in [2.24, 2.45) is 11.7 Å². The molecule has 0 unspecified atom stereocenters. The fourth-order valence-corrected chi connectivity index (χ4v) is 1.66. The molecular formula is C8H12N2O2. The van der Waals surface area contributed by atoms with E-state index in [0.29, 0.717) is 19.0 Å². The Labute approximate surface area is 70.7 Å². The number of primary amides is 1. The van der Waals surface area contributed by atoms with Crippen LogP contribution in [0.4, 0.5) is 0 Å². The predicted molar refractivity (Wildman–Crippen MR) is 42.0 cm³/mol. The van der Waals surface area contributed by atoms with Crippen LogP contribution in [0.3, 0.4) is 0 Å². The summed E-state index contributed by atoms with van der Waals surface area (Å²) in [6.07, 6.45) is 2.51. The van der Waals surface area contributed by atoms with Crippen LogP contribution >= 0.6 is 0 Å². The number of carbonyl (C=O) groups excluding carboxylic acids is 2. The Hall–Kier alpha value is -1.06. The van der Waals surface area contributed by atoms with Crippen LogP contribution in [0, 0.1) is 5.92 Å². The van der Waals surface area contributed by atoms with Gasteiger partial charge in [0.05, 0.1) is 5.92 Å². The molecule has 1 atom stereocenters. The summed E-state index contributed by atoms with van der Waals surface area (Å²) in [7, 11) is 0. The van der Waals surface area contributed by atoms with Crippen molar-refractivity contribution in [3.8, 4) is 0 Å². The Morgan fingerprint density at radius 3 is 2.58 bits per heavy atom. The highest BCUT2D eigenvalue weighted by Crippen LogP contribution is 2.32. The zero-order valence-corrected chi connectivity index (χ0v) is 6.82. The summed E-state index contributed by atoms with van der Waals surface area (Å²) in [5, 5.41) is 0. The maximum atomic E-state index is 11.3. The molecule has 0 bridgehead atoms. The number of carbonyl (C=O) groups is 2. The molecule has 0 aromatic rings. The molecular weight excluding hydrogens is 156 g/mol. The van der Waals surface area contributed by atoms with Crippen LogP contribution in [0.2, 0.25) is 0 Å². The molecule has 2 fully saturated rings. The van der Waals surface area contributed by atoms with Crippen molar-refractivity contribution in [1.82, 2.24) is 4.90 Å². The number of amides is 2. The van der Waals surface area contributed by atoms with Gasteiger partial charge < -0.3 is 10.6 Å². The topological polar surface area (TPSA) is 63.4 Å². The smallest absolute Gasteiger partial charge is 0.223 e. The third-order valence-electron chi connectivity index (χ3n) is 2.55. The van der Waals surface area contributed by atoms with Gasteiger partial charge in [0, 0.05) is 19.0 Å². The highest BCUT2D eigenvalue weighted by atomic mass is 16.2. The Morgan fingerprint density at radius 1 is 1.50 bits per heavy atom. The molecule has 1 saturated carbocycles. The molecule has 2 aliphatic rings. The van der Waals surface area contributed by atoms with E-state index in [4.69, 9.17) is 5.73 Å². The molecule has 0 radical (unpaired) electrons. The molecule has 1 aliphatic carbocycles. The highest BCUT2D eigenvalue weighted by molar-refractivity contribution is 5.88. The van der Waals surface area contributed by atoms with Gasteiger partial charge in [-0.2, -0.15) is 0 Å². The zero-order chi connectivity index (χ0) is 8.72. The second-order valence-corrected chi connectivity index (χ2v) is 3.58. The van der Waals surface area contributed by atoms with Crippen molar-refractivity contribution in [3.63, 3.8) is 0 Å². The second-order valence-electron chi connectivity index (χ2n) is 3.58. The Kier molecular flexibility index (Phi) is 1.56. The Bertz CT molecular complexity index is 235. The molecule has 2 rings (SSSR count). The van der Waals surface area contributed by atoms with Crippen molar-refractivity contribution in [1.29, 1.82) is 0 Å². The van der Waals surface area contributed by atoms with Gasteiger partial charge in [-0.3, -0.25) is 9.59 Å². The average molecular weight is 168 g/mol. The molecule has 66 valence electrons. The lowest BCUT2D eigenvalue weighted by atomic mass is 10.1. The highest BCUT2D eigenvalue weighted by Gasteiger charge is 2.40. The standard InChI is InChI=1S/C8H12N2O2/c9-8(12)5-3-7(11)10(4-5)6-1-2-6/h5-6H,1-4H2,(H2,9,12)/t5-/m0/s1. The normalized spacial score (nSPS) is 29.5. The summed E-state index contributed by atoms with van der Waals surface area (Å²) < 4.78 is 0. The SMILES string of the molecule is NC(=O)[C@H]1CC(=O)N(C2CC2)C1. The van der Waals surface area contributed by atoms with Crippen LogP contribution < -0.4 is 5.73 Å². The maximum Gasteiger partial charge on any atom is 0.223 e. The number of rotatable bonds is 2. The second kappa shape index (κ2) is 2.47. The maximum absolute atomic E-state index is 11.3. The first-order valence-electron chi connectivity index (χ1n) is 4.27. The summed E-state index contributed by atoms with van der Waals surface area (Å²) in [6, 6.07) is 0.418. The molecule has 1 heterocycles. The number of nitrogens with two attached hydrogens (primary N) is 1. The Balaban J connectivity index is 2.01. The molecule has 2 amide bonds. The first kappa shape index (κ1) is 7.58. The van der Waals surface area contributed by atoms with E-state index in [1.807, 2.05) is 0 Å². The predicted octanol–water partition coefficient (Wildman–Crippen LogP) is -0.517. The minimum Gasteiger partial charge on any atom is -0.369 e. The van der Waals surface area contributed by atoms with Gasteiger partial charge in [0.1, 0.15) is 0 Å². The monoisotopic (exact) mass is 168 g/mol. The Morgan fingerprint density at radius 2 is 2.17 bits per heavy atom. The molecule has 2 N–H and O–H groups in total. The first-order chi connectivity index (χ1) is 5.68. The molecule has 12 heavy (non-hydrogen) atoms. The van der Waals surface area contributed by atoms with E-state index in [-0.39, 0.29) is 17.7 Å². The molecule has 4 nitrogen and oxygen atoms in total. The van der Waals surface area contributed by atoms with Crippen molar-refractivity contribution >= 4 is 11.8 Å². The van der Waals surface area contributed by atoms with Crippen LogP contribution in [-0.4, -0.2) is 29.3 Å².